The fraction of sp³-hybridized carbons (Fsp3) is 0.424. The van der Waals surface area contributed by atoms with Crippen LogP contribution in [0.25, 0.3) is 10.8 Å². The van der Waals surface area contributed by atoms with Crippen molar-refractivity contribution >= 4 is 34.2 Å². The minimum Gasteiger partial charge on any atom is -0.481 e. The summed E-state index contributed by atoms with van der Waals surface area (Å²) in [7, 11) is 0. The number of nitrogens with one attached hydrogen (secondary N) is 1. The van der Waals surface area contributed by atoms with E-state index in [4.69, 9.17) is 0 Å². The molecule has 0 unspecified atom stereocenters. The van der Waals surface area contributed by atoms with E-state index in [2.05, 4.69) is 5.32 Å². The van der Waals surface area contributed by atoms with Crippen molar-refractivity contribution in [2.24, 2.45) is 5.41 Å². The van der Waals surface area contributed by atoms with E-state index in [9.17, 15) is 19.5 Å². The van der Waals surface area contributed by atoms with Gasteiger partial charge in [0.25, 0.3) is 5.91 Å². The van der Waals surface area contributed by atoms with E-state index < -0.39 is 11.9 Å². The predicted molar refractivity (Wildman–Crippen MR) is 154 cm³/mol. The number of likely N-dealkylation sites (tertiary alicyclic amines) is 1. The first-order valence-electron chi connectivity index (χ1n) is 14.1. The molecule has 1 aliphatic heterocycles. The predicted octanol–water partition coefficient (Wildman–Crippen LogP) is 3.84. The van der Waals surface area contributed by atoms with Gasteiger partial charge in [0.15, 0.2) is 0 Å². The molecule has 2 N–H and O–H groups in total. The minimum absolute atomic E-state index is 0. The van der Waals surface area contributed by atoms with Crippen molar-refractivity contribution in [2.75, 3.05) is 18.4 Å². The third-order valence-electron chi connectivity index (χ3n) is 8.87. The molecule has 2 fully saturated rings. The Kier molecular flexibility index (Phi) is 9.76. The molecule has 204 valence electrons. The Hall–Kier alpha value is -2.67. The van der Waals surface area contributed by atoms with Crippen LogP contribution in [0.3, 0.4) is 0 Å². The summed E-state index contributed by atoms with van der Waals surface area (Å²) in [5, 5.41) is 14.6. The van der Waals surface area contributed by atoms with Gasteiger partial charge in [-0.3, -0.25) is 14.4 Å². The quantitative estimate of drug-likeness (QED) is 0.439. The largest absolute Gasteiger partial charge is 1.00 e. The van der Waals surface area contributed by atoms with Crippen molar-refractivity contribution in [3.05, 3.63) is 76.9 Å². The molecule has 1 spiro atoms. The minimum atomic E-state index is -0.951. The molecule has 1 heterocycles. The molecule has 2 aliphatic rings. The van der Waals surface area contributed by atoms with Crippen LogP contribution in [0.1, 0.15) is 84.3 Å². The van der Waals surface area contributed by atoms with Crippen LogP contribution in [0.2, 0.25) is 0 Å². The van der Waals surface area contributed by atoms with Crippen LogP contribution in [0.4, 0.5) is 5.69 Å². The molecule has 7 heteroatoms. The molecule has 0 bridgehead atoms. The molecule has 5 rings (SSSR count). The maximum Gasteiger partial charge on any atom is 1.00 e. The van der Waals surface area contributed by atoms with Gasteiger partial charge in [-0.25, -0.2) is 0 Å². The van der Waals surface area contributed by atoms with Crippen molar-refractivity contribution in [2.45, 2.75) is 71.1 Å². The number of hydrogen-bond acceptors (Lipinski definition) is 3. The Bertz CT molecular complexity index is 1400. The van der Waals surface area contributed by atoms with Gasteiger partial charge in [-0.15, -0.1) is 0 Å². The smallest absolute Gasteiger partial charge is 0.481 e. The second-order valence-corrected chi connectivity index (χ2v) is 11.6. The van der Waals surface area contributed by atoms with E-state index in [0.29, 0.717) is 16.7 Å². The van der Waals surface area contributed by atoms with Crippen LogP contribution in [0, 0.1) is 19.3 Å². The van der Waals surface area contributed by atoms with Gasteiger partial charge >= 0.3 is 35.5 Å². The number of piperidine rings is 1. The fourth-order valence-corrected chi connectivity index (χ4v) is 6.81. The summed E-state index contributed by atoms with van der Waals surface area (Å²) in [4.78, 5) is 40.9. The van der Waals surface area contributed by atoms with Crippen molar-refractivity contribution in [1.82, 2.24) is 4.90 Å². The third-order valence-corrected chi connectivity index (χ3v) is 8.87. The number of carboxylic acid groups (broad SMARTS) is 1. The average Bonchev–Trinajstić information content (AvgIpc) is 3.37. The molecule has 1 saturated heterocycles. The van der Waals surface area contributed by atoms with Gasteiger partial charge in [0.2, 0.25) is 5.91 Å². The van der Waals surface area contributed by atoms with Crippen LogP contribution in [-0.4, -0.2) is 40.9 Å². The molecule has 1 saturated carbocycles. The number of hydrogen-bond donors (Lipinski definition) is 2. The molecular weight excluding hydrogens is 511 g/mol. The number of rotatable bonds is 7. The van der Waals surface area contributed by atoms with Crippen LogP contribution in [-0.2, 0) is 9.59 Å². The van der Waals surface area contributed by atoms with Crippen molar-refractivity contribution in [1.29, 1.82) is 0 Å². The Morgan fingerprint density at radius 2 is 1.60 bits per heavy atom. The van der Waals surface area contributed by atoms with Gasteiger partial charge < -0.3 is 15.3 Å². The normalized spacial score (nSPS) is 16.9. The molecule has 1 aliphatic carbocycles. The molecule has 3 aromatic carbocycles. The Labute approximate surface area is 258 Å². The summed E-state index contributed by atoms with van der Waals surface area (Å²) in [6, 6.07) is 17.4. The van der Waals surface area contributed by atoms with Gasteiger partial charge in [0.05, 0.1) is 17.7 Å². The van der Waals surface area contributed by atoms with Crippen LogP contribution in [0.15, 0.2) is 54.6 Å². The Balaban J connectivity index is 0.00000370. The number of aryl methyl sites for hydroxylation is 2. The summed E-state index contributed by atoms with van der Waals surface area (Å²) in [5.74, 6) is -1.78. The molecule has 2 amide bonds. The zero-order chi connectivity index (χ0) is 27.6. The maximum absolute atomic E-state index is 13.7. The summed E-state index contributed by atoms with van der Waals surface area (Å²) in [6.07, 6.45) is 7.08. The van der Waals surface area contributed by atoms with Gasteiger partial charge in [0.1, 0.15) is 0 Å². The fourth-order valence-electron chi connectivity index (χ4n) is 6.81. The first kappa shape index (κ1) is 30.3. The first-order valence-corrected chi connectivity index (χ1v) is 14.1. The molecule has 40 heavy (non-hydrogen) atoms. The van der Waals surface area contributed by atoms with E-state index in [-0.39, 0.29) is 54.2 Å². The molecule has 6 nitrogen and oxygen atoms in total. The third kappa shape index (κ3) is 6.62. The molecule has 0 radical (unpaired) electrons. The second kappa shape index (κ2) is 12.9. The monoisotopic (exact) mass is 549 g/mol. The summed E-state index contributed by atoms with van der Waals surface area (Å²) < 4.78 is 0. The van der Waals surface area contributed by atoms with Crippen LogP contribution >= 0.6 is 0 Å². The summed E-state index contributed by atoms with van der Waals surface area (Å²) in [6.45, 7) is 5.37. The first-order chi connectivity index (χ1) is 18.7. The Morgan fingerprint density at radius 3 is 2.30 bits per heavy atom. The van der Waals surface area contributed by atoms with E-state index in [1.54, 1.807) is 0 Å². The number of carbonyl (C=O) groups is 3. The van der Waals surface area contributed by atoms with Gasteiger partial charge in [0, 0.05) is 25.4 Å². The number of carboxylic acids is 1. The number of nitrogens with zero attached hydrogens (tertiary/aromatic N) is 1. The van der Waals surface area contributed by atoms with Crippen molar-refractivity contribution in [3.8, 4) is 0 Å². The Morgan fingerprint density at radius 1 is 0.925 bits per heavy atom. The van der Waals surface area contributed by atoms with Gasteiger partial charge in [-0.1, -0.05) is 61.4 Å². The maximum atomic E-state index is 13.7. The number of fused-ring (bicyclic) bond motifs is 1. The van der Waals surface area contributed by atoms with Crippen molar-refractivity contribution in [3.63, 3.8) is 0 Å². The number of aliphatic carboxylic acids is 1. The van der Waals surface area contributed by atoms with Crippen LogP contribution < -0.4 is 34.9 Å². The number of anilines is 1. The average molecular weight is 550 g/mol. The van der Waals surface area contributed by atoms with Crippen molar-refractivity contribution < 1.29 is 49.0 Å². The van der Waals surface area contributed by atoms with Crippen LogP contribution in [0.5, 0.6) is 0 Å². The molecular formula is C33H38N2NaO4+. The summed E-state index contributed by atoms with van der Waals surface area (Å²) >= 11 is 0. The topological polar surface area (TPSA) is 86.7 Å². The van der Waals surface area contributed by atoms with Gasteiger partial charge in [-0.2, -0.15) is 0 Å². The second-order valence-electron chi connectivity index (χ2n) is 11.6. The van der Waals surface area contributed by atoms with E-state index in [0.717, 1.165) is 53.4 Å². The zero-order valence-corrected chi connectivity index (χ0v) is 26.0. The number of benzene rings is 3. The number of amides is 2. The summed E-state index contributed by atoms with van der Waals surface area (Å²) in [5.41, 5.74) is 4.11. The standard InChI is InChI=1S/C33H38N2O4.Na/c1-22-18-23(2)31(28(19-22)32(39)35-16-14-33(15-17-35)12-5-6-13-33)34-29(36)20-25(21-30(37)38)27-11-7-9-24-8-3-4-10-26(24)27;/h3-4,7-11,18-19,25H,5-6,12-17,20-21H2,1-2H3,(H,34,36)(H,37,38);/q;+1/t25-;/m1./s1. The van der Waals surface area contributed by atoms with E-state index in [1.165, 1.54) is 25.7 Å². The van der Waals surface area contributed by atoms with Gasteiger partial charge in [-0.05, 0) is 78.5 Å². The zero-order valence-electron chi connectivity index (χ0n) is 24.0. The molecule has 3 aromatic rings. The molecule has 1 atom stereocenters. The van der Waals surface area contributed by atoms with E-state index in [1.807, 2.05) is 73.3 Å². The SMILES string of the molecule is Cc1cc(C)c(NC(=O)C[C@H](CC(=O)O)c2cccc3ccccc23)c(C(=O)N2CCC3(CCCC3)CC2)c1.[Na+]. The molecule has 0 aromatic heterocycles. The number of carbonyl (C=O) groups excluding carboxylic acids is 2. The van der Waals surface area contributed by atoms with E-state index >= 15 is 0 Å².